The molecule has 1 amide bonds. The minimum Gasteiger partial charge on any atom is -0.323 e. The zero-order chi connectivity index (χ0) is 17.6. The number of benzene rings is 3. The van der Waals surface area contributed by atoms with Crippen LogP contribution in [0.25, 0.3) is 17.2 Å². The van der Waals surface area contributed by atoms with Crippen LogP contribution in [0.2, 0.25) is 10.0 Å². The average molecular weight is 368 g/mol. The first-order valence-electron chi connectivity index (χ1n) is 7.71. The molecule has 0 radical (unpaired) electrons. The van der Waals surface area contributed by atoms with Gasteiger partial charge in [-0.25, -0.2) is 0 Å². The van der Waals surface area contributed by atoms with Gasteiger partial charge in [0.05, 0.1) is 0 Å². The zero-order valence-corrected chi connectivity index (χ0v) is 14.8. The zero-order valence-electron chi connectivity index (χ0n) is 13.2. The predicted octanol–water partition coefficient (Wildman–Crippen LogP) is 6.31. The van der Waals surface area contributed by atoms with Crippen LogP contribution in [0.15, 0.2) is 78.9 Å². The molecule has 0 bridgehead atoms. The van der Waals surface area contributed by atoms with Gasteiger partial charge in [0.25, 0.3) is 0 Å². The lowest BCUT2D eigenvalue weighted by molar-refractivity contribution is -0.111. The maximum Gasteiger partial charge on any atom is 0.248 e. The van der Waals surface area contributed by atoms with E-state index in [1.54, 1.807) is 24.3 Å². The van der Waals surface area contributed by atoms with Crippen molar-refractivity contribution in [2.24, 2.45) is 0 Å². The summed E-state index contributed by atoms with van der Waals surface area (Å²) in [6.45, 7) is 0. The van der Waals surface area contributed by atoms with Gasteiger partial charge in [-0.1, -0.05) is 71.7 Å². The van der Waals surface area contributed by atoms with Gasteiger partial charge in [-0.2, -0.15) is 0 Å². The number of rotatable bonds is 4. The summed E-state index contributed by atoms with van der Waals surface area (Å²) in [5.74, 6) is -0.224. The number of hydrogen-bond donors (Lipinski definition) is 1. The van der Waals surface area contributed by atoms with E-state index in [1.165, 1.54) is 6.08 Å². The third-order valence-corrected chi connectivity index (χ3v) is 4.20. The molecule has 3 aromatic rings. The molecule has 0 atom stereocenters. The molecule has 2 nitrogen and oxygen atoms in total. The van der Waals surface area contributed by atoms with Crippen molar-refractivity contribution in [3.63, 3.8) is 0 Å². The van der Waals surface area contributed by atoms with Crippen molar-refractivity contribution in [3.05, 3.63) is 94.5 Å². The highest BCUT2D eigenvalue weighted by Crippen LogP contribution is 2.23. The topological polar surface area (TPSA) is 29.1 Å². The van der Waals surface area contributed by atoms with Crippen molar-refractivity contribution in [2.75, 3.05) is 5.32 Å². The Morgan fingerprint density at radius 3 is 2.20 bits per heavy atom. The van der Waals surface area contributed by atoms with Gasteiger partial charge in [0.15, 0.2) is 0 Å². The molecule has 25 heavy (non-hydrogen) atoms. The van der Waals surface area contributed by atoms with Crippen LogP contribution in [-0.4, -0.2) is 5.91 Å². The molecule has 0 saturated carbocycles. The van der Waals surface area contributed by atoms with Crippen LogP contribution in [0.5, 0.6) is 0 Å². The molecule has 0 aliphatic heterocycles. The number of hydrogen-bond acceptors (Lipinski definition) is 1. The summed E-state index contributed by atoms with van der Waals surface area (Å²) < 4.78 is 0. The van der Waals surface area contributed by atoms with Crippen molar-refractivity contribution >= 4 is 40.9 Å². The Kier molecular flexibility index (Phi) is 5.54. The second-order valence-electron chi connectivity index (χ2n) is 5.43. The lowest BCUT2D eigenvalue weighted by Crippen LogP contribution is -2.07. The molecule has 3 aromatic carbocycles. The maximum atomic E-state index is 12.1. The van der Waals surface area contributed by atoms with E-state index in [2.05, 4.69) is 5.32 Å². The van der Waals surface area contributed by atoms with E-state index in [0.717, 1.165) is 22.4 Å². The summed E-state index contributed by atoms with van der Waals surface area (Å²) in [6, 6.07) is 22.9. The average Bonchev–Trinajstić information content (AvgIpc) is 2.62. The molecule has 0 aliphatic carbocycles. The largest absolute Gasteiger partial charge is 0.323 e. The SMILES string of the molecule is O=C(/C=C/c1ccc(Cl)cc1Cl)Nc1ccc(-c2ccccc2)cc1. The summed E-state index contributed by atoms with van der Waals surface area (Å²) in [5, 5.41) is 3.89. The first-order valence-corrected chi connectivity index (χ1v) is 8.47. The number of nitrogens with one attached hydrogen (secondary N) is 1. The quantitative estimate of drug-likeness (QED) is 0.537. The minimum atomic E-state index is -0.224. The fourth-order valence-electron chi connectivity index (χ4n) is 2.36. The summed E-state index contributed by atoms with van der Waals surface area (Å²) in [4.78, 5) is 12.1. The van der Waals surface area contributed by atoms with E-state index in [4.69, 9.17) is 23.2 Å². The first-order chi connectivity index (χ1) is 12.1. The molecule has 3 rings (SSSR count). The molecular formula is C21H15Cl2NO. The molecular weight excluding hydrogens is 353 g/mol. The highest BCUT2D eigenvalue weighted by molar-refractivity contribution is 6.35. The van der Waals surface area contributed by atoms with Crippen LogP contribution in [0, 0.1) is 0 Å². The van der Waals surface area contributed by atoms with Gasteiger partial charge in [-0.3, -0.25) is 4.79 Å². The molecule has 0 spiro atoms. The Hall–Kier alpha value is -2.55. The Morgan fingerprint density at radius 2 is 1.52 bits per heavy atom. The van der Waals surface area contributed by atoms with Gasteiger partial charge in [-0.05, 0) is 47.0 Å². The van der Waals surface area contributed by atoms with Crippen molar-refractivity contribution < 1.29 is 4.79 Å². The summed E-state index contributed by atoms with van der Waals surface area (Å²) in [5.41, 5.74) is 3.71. The molecule has 0 aromatic heterocycles. The standard InChI is InChI=1S/C21H15Cl2NO/c22-18-10-6-17(20(23)14-18)9-13-21(25)24-19-11-7-16(8-12-19)15-4-2-1-3-5-15/h1-14H,(H,24,25)/b13-9+. The summed E-state index contributed by atoms with van der Waals surface area (Å²) >= 11 is 11.9. The van der Waals surface area contributed by atoms with Crippen LogP contribution >= 0.6 is 23.2 Å². The molecule has 0 aliphatic rings. The van der Waals surface area contributed by atoms with Gasteiger partial charge < -0.3 is 5.32 Å². The Balaban J connectivity index is 1.66. The molecule has 1 N–H and O–H groups in total. The summed E-state index contributed by atoms with van der Waals surface area (Å²) in [6.07, 6.45) is 3.10. The van der Waals surface area contributed by atoms with Crippen molar-refractivity contribution in [1.82, 2.24) is 0 Å². The third-order valence-electron chi connectivity index (χ3n) is 3.64. The Labute approximate surface area is 156 Å². The van der Waals surface area contributed by atoms with Gasteiger partial charge in [0.1, 0.15) is 0 Å². The second kappa shape index (κ2) is 8.02. The Bertz CT molecular complexity index is 903. The van der Waals surface area contributed by atoms with E-state index >= 15 is 0 Å². The number of carbonyl (C=O) groups excluding carboxylic acids is 1. The molecule has 124 valence electrons. The number of amides is 1. The first kappa shape index (κ1) is 17.3. The van der Waals surface area contributed by atoms with Gasteiger partial charge in [0.2, 0.25) is 5.91 Å². The normalized spacial score (nSPS) is 10.8. The monoisotopic (exact) mass is 367 g/mol. The van der Waals surface area contributed by atoms with E-state index < -0.39 is 0 Å². The Morgan fingerprint density at radius 1 is 0.840 bits per heavy atom. The van der Waals surface area contributed by atoms with E-state index in [9.17, 15) is 4.79 Å². The van der Waals surface area contributed by atoms with Crippen LogP contribution in [-0.2, 0) is 4.79 Å². The highest BCUT2D eigenvalue weighted by atomic mass is 35.5. The number of halogens is 2. The van der Waals surface area contributed by atoms with Gasteiger partial charge >= 0.3 is 0 Å². The molecule has 4 heteroatoms. The fraction of sp³-hybridized carbons (Fsp3) is 0. The van der Waals surface area contributed by atoms with Crippen LogP contribution in [0.1, 0.15) is 5.56 Å². The maximum absolute atomic E-state index is 12.1. The molecule has 0 saturated heterocycles. The van der Waals surface area contributed by atoms with Crippen LogP contribution in [0.4, 0.5) is 5.69 Å². The number of carbonyl (C=O) groups is 1. The van der Waals surface area contributed by atoms with Crippen LogP contribution < -0.4 is 5.32 Å². The lowest BCUT2D eigenvalue weighted by Gasteiger charge is -2.05. The van der Waals surface area contributed by atoms with Gasteiger partial charge in [-0.15, -0.1) is 0 Å². The van der Waals surface area contributed by atoms with Crippen molar-refractivity contribution in [3.8, 4) is 11.1 Å². The third kappa shape index (κ3) is 4.72. The number of anilines is 1. The highest BCUT2D eigenvalue weighted by Gasteiger charge is 2.02. The van der Waals surface area contributed by atoms with E-state index in [1.807, 2.05) is 54.6 Å². The molecule has 0 fully saturated rings. The van der Waals surface area contributed by atoms with E-state index in [0.29, 0.717) is 10.0 Å². The van der Waals surface area contributed by atoms with Crippen molar-refractivity contribution in [1.29, 1.82) is 0 Å². The van der Waals surface area contributed by atoms with Gasteiger partial charge in [0, 0.05) is 21.8 Å². The molecule has 0 heterocycles. The summed E-state index contributed by atoms with van der Waals surface area (Å²) in [7, 11) is 0. The van der Waals surface area contributed by atoms with E-state index in [-0.39, 0.29) is 5.91 Å². The minimum absolute atomic E-state index is 0.224. The lowest BCUT2D eigenvalue weighted by atomic mass is 10.1. The van der Waals surface area contributed by atoms with Crippen LogP contribution in [0.3, 0.4) is 0 Å². The molecule has 0 unspecified atom stereocenters. The second-order valence-corrected chi connectivity index (χ2v) is 6.28. The fourth-order valence-corrected chi connectivity index (χ4v) is 2.83. The van der Waals surface area contributed by atoms with Crippen molar-refractivity contribution in [2.45, 2.75) is 0 Å². The smallest absolute Gasteiger partial charge is 0.248 e. The predicted molar refractivity (Wildman–Crippen MR) is 106 cm³/mol.